The molecule has 19 heavy (non-hydrogen) atoms. The molecule has 1 saturated heterocycles. The van der Waals surface area contributed by atoms with E-state index < -0.39 is 5.82 Å². The smallest absolute Gasteiger partial charge is 0.255 e. The summed E-state index contributed by atoms with van der Waals surface area (Å²) in [4.78, 5) is 14.0. The predicted octanol–water partition coefficient (Wildman–Crippen LogP) is 2.82. The summed E-state index contributed by atoms with van der Waals surface area (Å²) in [6.07, 6.45) is 1.24. The summed E-state index contributed by atoms with van der Waals surface area (Å²) >= 11 is 3.12. The Balaban J connectivity index is 2.07. The van der Waals surface area contributed by atoms with E-state index in [0.717, 1.165) is 12.8 Å². The Morgan fingerprint density at radius 3 is 2.68 bits per heavy atom. The van der Waals surface area contributed by atoms with Crippen LogP contribution in [0.5, 0.6) is 0 Å². The summed E-state index contributed by atoms with van der Waals surface area (Å²) < 4.78 is 13.6. The summed E-state index contributed by atoms with van der Waals surface area (Å²) in [5, 5.41) is 9.54. The summed E-state index contributed by atoms with van der Waals surface area (Å²) in [5.41, 5.74) is 0.357. The molecule has 1 N–H and O–H groups in total. The average Bonchev–Trinajstić information content (AvgIpc) is 2.41. The third kappa shape index (κ3) is 3.15. The highest BCUT2D eigenvalue weighted by molar-refractivity contribution is 9.10. The van der Waals surface area contributed by atoms with Crippen LogP contribution in [0.1, 0.15) is 30.1 Å². The minimum absolute atomic E-state index is 0.157. The van der Waals surface area contributed by atoms with Crippen molar-refractivity contribution in [3.8, 4) is 0 Å². The number of rotatable bonds is 2. The van der Waals surface area contributed by atoms with Gasteiger partial charge in [0.25, 0.3) is 5.91 Å². The van der Waals surface area contributed by atoms with Crippen LogP contribution in [0.2, 0.25) is 0 Å². The van der Waals surface area contributed by atoms with Crippen LogP contribution in [0.4, 0.5) is 4.39 Å². The molecule has 1 aromatic carbocycles. The molecule has 104 valence electrons. The first-order chi connectivity index (χ1) is 9.00. The number of halogens is 2. The summed E-state index contributed by atoms with van der Waals surface area (Å²) in [6, 6.07) is 4.48. The van der Waals surface area contributed by atoms with Gasteiger partial charge >= 0.3 is 0 Å². The van der Waals surface area contributed by atoms with Crippen molar-refractivity contribution in [2.24, 2.45) is 5.92 Å². The normalized spacial score (nSPS) is 18.4. The van der Waals surface area contributed by atoms with E-state index in [1.165, 1.54) is 12.1 Å². The second kappa shape index (κ2) is 6.01. The lowest BCUT2D eigenvalue weighted by Gasteiger charge is -2.33. The lowest BCUT2D eigenvalue weighted by molar-refractivity contribution is 0.0520. The maximum atomic E-state index is 13.4. The molecule has 5 heteroatoms. The zero-order valence-electron chi connectivity index (χ0n) is 10.8. The highest BCUT2D eigenvalue weighted by Gasteiger charge is 2.27. The SMILES string of the molecule is CC(O)C1CCN(C(=O)c2cccc(F)c2Br)CC1. The molecule has 1 amide bonds. The van der Waals surface area contributed by atoms with E-state index in [1.807, 2.05) is 0 Å². The highest BCUT2D eigenvalue weighted by Crippen LogP contribution is 2.25. The molecule has 0 spiro atoms. The van der Waals surface area contributed by atoms with Crippen LogP contribution in [-0.2, 0) is 0 Å². The lowest BCUT2D eigenvalue weighted by Crippen LogP contribution is -2.40. The molecule has 2 rings (SSSR count). The fraction of sp³-hybridized carbons (Fsp3) is 0.500. The van der Waals surface area contributed by atoms with Crippen LogP contribution in [0.15, 0.2) is 22.7 Å². The van der Waals surface area contributed by atoms with Crippen LogP contribution >= 0.6 is 15.9 Å². The fourth-order valence-corrected chi connectivity index (χ4v) is 2.86. The summed E-state index contributed by atoms with van der Waals surface area (Å²) in [7, 11) is 0. The molecule has 0 bridgehead atoms. The molecule has 1 heterocycles. The van der Waals surface area contributed by atoms with Gasteiger partial charge in [0.15, 0.2) is 0 Å². The van der Waals surface area contributed by atoms with Crippen molar-refractivity contribution in [1.29, 1.82) is 0 Å². The standard InChI is InChI=1S/C14H17BrFNO2/c1-9(18)10-5-7-17(8-6-10)14(19)11-3-2-4-12(16)13(11)15/h2-4,9-10,18H,5-8H2,1H3. The van der Waals surface area contributed by atoms with E-state index in [9.17, 15) is 14.3 Å². The highest BCUT2D eigenvalue weighted by atomic mass is 79.9. The molecule has 3 nitrogen and oxygen atoms in total. The van der Waals surface area contributed by atoms with Crippen molar-refractivity contribution >= 4 is 21.8 Å². The van der Waals surface area contributed by atoms with Crippen LogP contribution in [0.25, 0.3) is 0 Å². The van der Waals surface area contributed by atoms with E-state index >= 15 is 0 Å². The molecule has 1 fully saturated rings. The molecule has 0 saturated carbocycles. The number of aliphatic hydroxyl groups excluding tert-OH is 1. The van der Waals surface area contributed by atoms with Crippen molar-refractivity contribution in [3.63, 3.8) is 0 Å². The first kappa shape index (κ1) is 14.5. The molecule has 1 atom stereocenters. The molecule has 0 aliphatic carbocycles. The zero-order valence-corrected chi connectivity index (χ0v) is 12.4. The third-order valence-electron chi connectivity index (χ3n) is 3.69. The molecule has 1 unspecified atom stereocenters. The van der Waals surface area contributed by atoms with Crippen molar-refractivity contribution < 1.29 is 14.3 Å². The number of aliphatic hydroxyl groups is 1. The number of piperidine rings is 1. The van der Waals surface area contributed by atoms with Gasteiger partial charge in [-0.15, -0.1) is 0 Å². The number of likely N-dealkylation sites (tertiary alicyclic amines) is 1. The van der Waals surface area contributed by atoms with Crippen LogP contribution in [0, 0.1) is 11.7 Å². The van der Waals surface area contributed by atoms with E-state index in [0.29, 0.717) is 18.7 Å². The number of carbonyl (C=O) groups is 1. The van der Waals surface area contributed by atoms with Gasteiger partial charge in [-0.25, -0.2) is 4.39 Å². The molecule has 0 aromatic heterocycles. The number of nitrogens with zero attached hydrogens (tertiary/aromatic N) is 1. The zero-order chi connectivity index (χ0) is 14.0. The van der Waals surface area contributed by atoms with Gasteiger partial charge in [0.2, 0.25) is 0 Å². The maximum Gasteiger partial charge on any atom is 0.255 e. The number of carbonyl (C=O) groups excluding carboxylic acids is 1. The molecular weight excluding hydrogens is 313 g/mol. The van der Waals surface area contributed by atoms with Gasteiger partial charge < -0.3 is 10.0 Å². The van der Waals surface area contributed by atoms with Crippen LogP contribution < -0.4 is 0 Å². The van der Waals surface area contributed by atoms with Crippen molar-refractivity contribution in [2.45, 2.75) is 25.9 Å². The first-order valence-electron chi connectivity index (χ1n) is 6.42. The Morgan fingerprint density at radius 1 is 1.47 bits per heavy atom. The van der Waals surface area contributed by atoms with E-state index in [1.54, 1.807) is 17.9 Å². The van der Waals surface area contributed by atoms with E-state index in [2.05, 4.69) is 15.9 Å². The first-order valence-corrected chi connectivity index (χ1v) is 7.21. The van der Waals surface area contributed by atoms with Gasteiger partial charge in [-0.05, 0) is 53.7 Å². The second-order valence-electron chi connectivity index (χ2n) is 4.97. The Labute approximate surface area is 120 Å². The molecule has 1 aliphatic rings. The Hall–Kier alpha value is -0.940. The van der Waals surface area contributed by atoms with Gasteiger partial charge in [0, 0.05) is 13.1 Å². The third-order valence-corrected chi connectivity index (χ3v) is 4.50. The average molecular weight is 330 g/mol. The number of amides is 1. The molecule has 1 aromatic rings. The lowest BCUT2D eigenvalue weighted by atomic mass is 9.92. The monoisotopic (exact) mass is 329 g/mol. The molecule has 1 aliphatic heterocycles. The predicted molar refractivity (Wildman–Crippen MR) is 74.4 cm³/mol. The second-order valence-corrected chi connectivity index (χ2v) is 5.76. The topological polar surface area (TPSA) is 40.5 Å². The number of hydrogen-bond acceptors (Lipinski definition) is 2. The van der Waals surface area contributed by atoms with E-state index in [4.69, 9.17) is 0 Å². The quantitative estimate of drug-likeness (QED) is 0.906. The maximum absolute atomic E-state index is 13.4. The van der Waals surface area contributed by atoms with Crippen molar-refractivity contribution in [2.75, 3.05) is 13.1 Å². The van der Waals surface area contributed by atoms with Gasteiger partial charge in [0.05, 0.1) is 16.1 Å². The molecular formula is C14H17BrFNO2. The Bertz CT molecular complexity index is 471. The molecule has 0 radical (unpaired) electrons. The number of benzene rings is 1. The van der Waals surface area contributed by atoms with Gasteiger partial charge in [0.1, 0.15) is 5.82 Å². The Kier molecular flexibility index (Phi) is 4.58. The van der Waals surface area contributed by atoms with Crippen molar-refractivity contribution in [1.82, 2.24) is 4.90 Å². The minimum Gasteiger partial charge on any atom is -0.393 e. The fourth-order valence-electron chi connectivity index (χ4n) is 2.42. The van der Waals surface area contributed by atoms with Gasteiger partial charge in [-0.3, -0.25) is 4.79 Å². The minimum atomic E-state index is -0.426. The largest absolute Gasteiger partial charge is 0.393 e. The number of hydrogen-bond donors (Lipinski definition) is 1. The summed E-state index contributed by atoms with van der Waals surface area (Å²) in [6.45, 7) is 3.00. The summed E-state index contributed by atoms with van der Waals surface area (Å²) in [5.74, 6) is -0.333. The van der Waals surface area contributed by atoms with E-state index in [-0.39, 0.29) is 22.4 Å². The van der Waals surface area contributed by atoms with Crippen LogP contribution in [0.3, 0.4) is 0 Å². The van der Waals surface area contributed by atoms with Gasteiger partial charge in [-0.2, -0.15) is 0 Å². The van der Waals surface area contributed by atoms with Gasteiger partial charge in [-0.1, -0.05) is 6.07 Å². The van der Waals surface area contributed by atoms with Crippen LogP contribution in [-0.4, -0.2) is 35.1 Å². The Morgan fingerprint density at radius 2 is 2.11 bits per heavy atom. The van der Waals surface area contributed by atoms with Crippen molar-refractivity contribution in [3.05, 3.63) is 34.1 Å².